The van der Waals surface area contributed by atoms with Crippen molar-refractivity contribution in [2.75, 3.05) is 32.0 Å². The molecular formula is C15H23N5O. The molecule has 1 aliphatic heterocycles. The molecule has 2 aromatic heterocycles. The summed E-state index contributed by atoms with van der Waals surface area (Å²) in [7, 11) is 0. The fraction of sp³-hybridized carbons (Fsp3) is 0.600. The zero-order chi connectivity index (χ0) is 15.0. The maximum atomic E-state index is 6.01. The van der Waals surface area contributed by atoms with Crippen molar-refractivity contribution in [2.45, 2.75) is 33.4 Å². The maximum Gasteiger partial charge on any atom is 0.146 e. The van der Waals surface area contributed by atoms with E-state index in [2.05, 4.69) is 40.2 Å². The molecule has 2 N–H and O–H groups in total. The summed E-state index contributed by atoms with van der Waals surface area (Å²) in [6.07, 6.45) is 1.73. The highest BCUT2D eigenvalue weighted by molar-refractivity contribution is 5.90. The minimum Gasteiger partial charge on any atom is -0.383 e. The molecule has 0 radical (unpaired) electrons. The van der Waals surface area contributed by atoms with Crippen LogP contribution in [-0.2, 0) is 11.3 Å². The monoisotopic (exact) mass is 289 g/mol. The first kappa shape index (κ1) is 14.3. The molecular weight excluding hydrogens is 266 g/mol. The Morgan fingerprint density at radius 3 is 2.95 bits per heavy atom. The molecule has 6 heteroatoms. The summed E-state index contributed by atoms with van der Waals surface area (Å²) in [4.78, 5) is 11.0. The van der Waals surface area contributed by atoms with E-state index in [1.165, 1.54) is 12.0 Å². The summed E-state index contributed by atoms with van der Waals surface area (Å²) in [6, 6.07) is 0. The third-order valence-corrected chi connectivity index (χ3v) is 4.49. The van der Waals surface area contributed by atoms with Crippen molar-refractivity contribution < 1.29 is 4.74 Å². The van der Waals surface area contributed by atoms with Crippen LogP contribution in [-0.4, -0.2) is 51.8 Å². The van der Waals surface area contributed by atoms with E-state index in [1.807, 2.05) is 0 Å². The molecule has 1 atom stereocenters. The Morgan fingerprint density at radius 1 is 1.38 bits per heavy atom. The Bertz CT molecular complexity index is 651. The van der Waals surface area contributed by atoms with Gasteiger partial charge in [-0.1, -0.05) is 6.92 Å². The predicted octanol–water partition coefficient (Wildman–Crippen LogP) is 1.35. The molecule has 0 amide bonds. The van der Waals surface area contributed by atoms with Crippen molar-refractivity contribution in [1.82, 2.24) is 19.4 Å². The second-order valence-corrected chi connectivity index (χ2v) is 5.66. The molecule has 6 nitrogen and oxygen atoms in total. The molecule has 2 aromatic rings. The molecule has 3 heterocycles. The fourth-order valence-corrected chi connectivity index (χ4v) is 3.10. The van der Waals surface area contributed by atoms with E-state index in [0.717, 1.165) is 49.4 Å². The van der Waals surface area contributed by atoms with E-state index in [0.29, 0.717) is 5.82 Å². The van der Waals surface area contributed by atoms with Gasteiger partial charge in [0.25, 0.3) is 0 Å². The number of nitrogens with two attached hydrogens (primary N) is 1. The van der Waals surface area contributed by atoms with E-state index in [9.17, 15) is 0 Å². The minimum absolute atomic E-state index is 0.198. The standard InChI is InChI=1S/C15H23N5O/c1-4-19-5-6-21-12(7-19)8-20-11(3)10(2)13-14(16)17-9-18-15(13)20/h9,12H,4-8H2,1-3H3,(H2,16,17,18). The highest BCUT2D eigenvalue weighted by atomic mass is 16.5. The predicted molar refractivity (Wildman–Crippen MR) is 83.3 cm³/mol. The van der Waals surface area contributed by atoms with Crippen LogP contribution in [0.2, 0.25) is 0 Å². The normalized spacial score (nSPS) is 20.2. The van der Waals surface area contributed by atoms with Crippen molar-refractivity contribution in [1.29, 1.82) is 0 Å². The van der Waals surface area contributed by atoms with Crippen molar-refractivity contribution in [3.8, 4) is 0 Å². The second kappa shape index (κ2) is 5.61. The first-order valence-electron chi connectivity index (χ1n) is 7.51. The van der Waals surface area contributed by atoms with E-state index in [4.69, 9.17) is 10.5 Å². The van der Waals surface area contributed by atoms with E-state index in [-0.39, 0.29) is 6.10 Å². The Morgan fingerprint density at radius 2 is 2.19 bits per heavy atom. The van der Waals surface area contributed by atoms with Crippen LogP contribution >= 0.6 is 0 Å². The molecule has 1 aliphatic rings. The number of nitrogen functional groups attached to an aromatic ring is 1. The number of anilines is 1. The Hall–Kier alpha value is -1.66. The van der Waals surface area contributed by atoms with Gasteiger partial charge < -0.3 is 15.0 Å². The lowest BCUT2D eigenvalue weighted by Crippen LogP contribution is -2.44. The molecule has 1 fully saturated rings. The minimum atomic E-state index is 0.198. The average molecular weight is 289 g/mol. The van der Waals surface area contributed by atoms with Gasteiger partial charge >= 0.3 is 0 Å². The highest BCUT2D eigenvalue weighted by Crippen LogP contribution is 2.27. The number of nitrogens with zero attached hydrogens (tertiary/aromatic N) is 4. The van der Waals surface area contributed by atoms with Gasteiger partial charge in [0.1, 0.15) is 17.8 Å². The van der Waals surface area contributed by atoms with Crippen LogP contribution in [0.5, 0.6) is 0 Å². The van der Waals surface area contributed by atoms with Crippen molar-refractivity contribution in [2.24, 2.45) is 0 Å². The van der Waals surface area contributed by atoms with Gasteiger partial charge in [-0.05, 0) is 26.0 Å². The third kappa shape index (κ3) is 2.49. The van der Waals surface area contributed by atoms with Gasteiger partial charge in [-0.2, -0.15) is 0 Å². The number of morpholine rings is 1. The molecule has 1 unspecified atom stereocenters. The summed E-state index contributed by atoms with van der Waals surface area (Å²) in [5.41, 5.74) is 9.27. The average Bonchev–Trinajstić information content (AvgIpc) is 2.74. The van der Waals surface area contributed by atoms with E-state index in [1.54, 1.807) is 0 Å². The third-order valence-electron chi connectivity index (χ3n) is 4.49. The molecule has 0 aliphatic carbocycles. The van der Waals surface area contributed by atoms with Crippen LogP contribution in [0.3, 0.4) is 0 Å². The molecule has 1 saturated heterocycles. The topological polar surface area (TPSA) is 69.2 Å². The van der Waals surface area contributed by atoms with Gasteiger partial charge in [-0.25, -0.2) is 9.97 Å². The number of ether oxygens (including phenoxy) is 1. The van der Waals surface area contributed by atoms with Gasteiger partial charge in [-0.15, -0.1) is 0 Å². The lowest BCUT2D eigenvalue weighted by Gasteiger charge is -2.32. The molecule has 0 aromatic carbocycles. The maximum absolute atomic E-state index is 6.01. The summed E-state index contributed by atoms with van der Waals surface area (Å²) >= 11 is 0. The van der Waals surface area contributed by atoms with Gasteiger partial charge in [0, 0.05) is 18.8 Å². The number of fused-ring (bicyclic) bond motifs is 1. The molecule has 0 bridgehead atoms. The molecule has 3 rings (SSSR count). The molecule has 0 spiro atoms. The number of likely N-dealkylation sites (N-methyl/N-ethyl adjacent to an activating group) is 1. The molecule has 21 heavy (non-hydrogen) atoms. The first-order chi connectivity index (χ1) is 10.1. The van der Waals surface area contributed by atoms with Crippen LogP contribution in [0.25, 0.3) is 11.0 Å². The first-order valence-corrected chi connectivity index (χ1v) is 7.51. The smallest absolute Gasteiger partial charge is 0.146 e. The summed E-state index contributed by atoms with van der Waals surface area (Å²) in [6.45, 7) is 11.0. The van der Waals surface area contributed by atoms with E-state index < -0.39 is 0 Å². The number of rotatable bonds is 3. The van der Waals surface area contributed by atoms with Crippen molar-refractivity contribution >= 4 is 16.9 Å². The Balaban J connectivity index is 1.94. The van der Waals surface area contributed by atoms with Gasteiger partial charge in [0.15, 0.2) is 0 Å². The Kier molecular flexibility index (Phi) is 3.82. The van der Waals surface area contributed by atoms with Crippen molar-refractivity contribution in [3.63, 3.8) is 0 Å². The second-order valence-electron chi connectivity index (χ2n) is 5.66. The zero-order valence-corrected chi connectivity index (χ0v) is 13.0. The van der Waals surface area contributed by atoms with Crippen LogP contribution in [0.1, 0.15) is 18.2 Å². The summed E-state index contributed by atoms with van der Waals surface area (Å²) < 4.78 is 8.14. The van der Waals surface area contributed by atoms with E-state index >= 15 is 0 Å². The van der Waals surface area contributed by atoms with Crippen LogP contribution < -0.4 is 5.73 Å². The molecule has 0 saturated carbocycles. The molecule has 114 valence electrons. The highest BCUT2D eigenvalue weighted by Gasteiger charge is 2.23. The quantitative estimate of drug-likeness (QED) is 0.923. The van der Waals surface area contributed by atoms with Crippen LogP contribution in [0, 0.1) is 13.8 Å². The van der Waals surface area contributed by atoms with Gasteiger partial charge in [0.05, 0.1) is 24.6 Å². The summed E-state index contributed by atoms with van der Waals surface area (Å²) in [5, 5.41) is 0.971. The number of aromatic nitrogens is 3. The van der Waals surface area contributed by atoms with Crippen LogP contribution in [0.15, 0.2) is 6.33 Å². The van der Waals surface area contributed by atoms with Gasteiger partial charge in [0.2, 0.25) is 0 Å². The number of hydrogen-bond acceptors (Lipinski definition) is 5. The SMILES string of the molecule is CCN1CCOC(Cn2c(C)c(C)c3c(N)ncnc32)C1. The van der Waals surface area contributed by atoms with Crippen molar-refractivity contribution in [3.05, 3.63) is 17.6 Å². The zero-order valence-electron chi connectivity index (χ0n) is 13.0. The number of aryl methyl sites for hydroxylation is 1. The lowest BCUT2D eigenvalue weighted by molar-refractivity contribution is -0.0340. The lowest BCUT2D eigenvalue weighted by atomic mass is 10.2. The van der Waals surface area contributed by atoms with Crippen LogP contribution in [0.4, 0.5) is 5.82 Å². The number of hydrogen-bond donors (Lipinski definition) is 1. The van der Waals surface area contributed by atoms with Gasteiger partial charge in [-0.3, -0.25) is 4.90 Å². The Labute approximate surface area is 124 Å². The summed E-state index contributed by atoms with van der Waals surface area (Å²) in [5.74, 6) is 0.555. The largest absolute Gasteiger partial charge is 0.383 e. The fourth-order valence-electron chi connectivity index (χ4n) is 3.10.